The number of fused-ring (bicyclic) bond motifs is 1. The second-order valence-electron chi connectivity index (χ2n) is 7.58. The third-order valence-electron chi connectivity index (χ3n) is 5.63. The molecular weight excluding hydrogens is 324 g/mol. The molecule has 0 radical (unpaired) electrons. The Balaban J connectivity index is 1.48. The van der Waals surface area contributed by atoms with Gasteiger partial charge in [-0.15, -0.1) is 0 Å². The molecule has 1 atom stereocenters. The molecule has 2 aliphatic rings. The Kier molecular flexibility index (Phi) is 4.71. The summed E-state index contributed by atoms with van der Waals surface area (Å²) >= 11 is 0. The number of Topliss-reactive ketones (excluding diaryl/α,β-unsaturated/α-hetero) is 1. The van der Waals surface area contributed by atoms with Crippen molar-refractivity contribution in [3.63, 3.8) is 0 Å². The van der Waals surface area contributed by atoms with Crippen LogP contribution in [0.3, 0.4) is 0 Å². The van der Waals surface area contributed by atoms with Crippen LogP contribution in [0.2, 0.25) is 0 Å². The van der Waals surface area contributed by atoms with Crippen LogP contribution in [0.25, 0.3) is 0 Å². The number of carbonyl (C=O) groups excluding carboxylic acids is 1. The van der Waals surface area contributed by atoms with E-state index in [0.29, 0.717) is 18.6 Å². The van der Waals surface area contributed by atoms with Crippen LogP contribution >= 0.6 is 0 Å². The van der Waals surface area contributed by atoms with E-state index >= 15 is 0 Å². The lowest BCUT2D eigenvalue weighted by atomic mass is 9.91. The van der Waals surface area contributed by atoms with E-state index < -0.39 is 0 Å². The molecule has 0 bridgehead atoms. The summed E-state index contributed by atoms with van der Waals surface area (Å²) in [6, 6.07) is 12.6. The highest BCUT2D eigenvalue weighted by Crippen LogP contribution is 2.39. The fraction of sp³-hybridized carbons (Fsp3) is 0.435. The summed E-state index contributed by atoms with van der Waals surface area (Å²) < 4.78 is 12.5. The van der Waals surface area contributed by atoms with Crippen LogP contribution in [0.5, 0.6) is 11.5 Å². The van der Waals surface area contributed by atoms with E-state index in [1.165, 1.54) is 22.3 Å². The highest BCUT2D eigenvalue weighted by atomic mass is 16.5. The molecule has 2 aromatic carbocycles. The van der Waals surface area contributed by atoms with Gasteiger partial charge in [-0.3, -0.25) is 4.79 Å². The predicted octanol–water partition coefficient (Wildman–Crippen LogP) is 5.26. The maximum absolute atomic E-state index is 11.4. The Hall–Kier alpha value is -2.29. The molecule has 0 spiro atoms. The summed E-state index contributed by atoms with van der Waals surface area (Å²) in [6.07, 6.45) is 5.24. The number of rotatable bonds is 3. The summed E-state index contributed by atoms with van der Waals surface area (Å²) in [5.74, 6) is 2.23. The van der Waals surface area contributed by atoms with E-state index in [0.717, 1.165) is 37.2 Å². The number of carbonyl (C=O) groups is 1. The van der Waals surface area contributed by atoms with Crippen LogP contribution in [0.1, 0.15) is 60.5 Å². The van der Waals surface area contributed by atoms with Crippen molar-refractivity contribution in [2.45, 2.75) is 64.6 Å². The van der Waals surface area contributed by atoms with Crippen molar-refractivity contribution >= 4 is 5.78 Å². The molecular formula is C23H26O3. The van der Waals surface area contributed by atoms with Gasteiger partial charge in [0.1, 0.15) is 23.4 Å². The van der Waals surface area contributed by atoms with Crippen molar-refractivity contribution in [3.8, 4) is 11.5 Å². The van der Waals surface area contributed by atoms with Crippen molar-refractivity contribution in [1.29, 1.82) is 0 Å². The molecule has 0 saturated heterocycles. The van der Waals surface area contributed by atoms with Gasteiger partial charge in [-0.05, 0) is 80.0 Å². The topological polar surface area (TPSA) is 35.5 Å². The molecule has 0 aromatic heterocycles. The smallest absolute Gasteiger partial charge is 0.133 e. The van der Waals surface area contributed by atoms with Crippen molar-refractivity contribution in [1.82, 2.24) is 0 Å². The van der Waals surface area contributed by atoms with Crippen LogP contribution in [-0.4, -0.2) is 11.9 Å². The van der Waals surface area contributed by atoms with Crippen LogP contribution < -0.4 is 9.47 Å². The molecule has 3 nitrogen and oxygen atoms in total. The van der Waals surface area contributed by atoms with Gasteiger partial charge in [-0.2, -0.15) is 0 Å². The van der Waals surface area contributed by atoms with Gasteiger partial charge >= 0.3 is 0 Å². The zero-order chi connectivity index (χ0) is 18.1. The highest BCUT2D eigenvalue weighted by molar-refractivity contribution is 5.79. The van der Waals surface area contributed by atoms with Crippen LogP contribution in [-0.2, 0) is 11.2 Å². The number of aryl methyl sites for hydroxylation is 3. The van der Waals surface area contributed by atoms with E-state index in [1.54, 1.807) is 0 Å². The van der Waals surface area contributed by atoms with Gasteiger partial charge in [0.25, 0.3) is 0 Å². The summed E-state index contributed by atoms with van der Waals surface area (Å²) in [7, 11) is 0. The van der Waals surface area contributed by atoms with E-state index in [2.05, 4.69) is 38.1 Å². The molecule has 26 heavy (non-hydrogen) atoms. The first-order valence-electron chi connectivity index (χ1n) is 9.64. The standard InChI is InChI=1S/C23H26O3/c1-15-4-3-5-16(2)23(15)22-12-6-17-14-20(11-13-21(17)26-22)25-19-9-7-18(24)8-10-19/h3-5,11,13-14,19,22H,6-10,12H2,1-2H3. The normalized spacial score (nSPS) is 20.4. The van der Waals surface area contributed by atoms with E-state index in [9.17, 15) is 4.79 Å². The number of hydrogen-bond donors (Lipinski definition) is 0. The first kappa shape index (κ1) is 17.1. The Morgan fingerprint density at radius 3 is 2.42 bits per heavy atom. The highest BCUT2D eigenvalue weighted by Gasteiger charge is 2.25. The van der Waals surface area contributed by atoms with Crippen molar-refractivity contribution in [2.75, 3.05) is 0 Å². The Morgan fingerprint density at radius 1 is 0.962 bits per heavy atom. The Bertz CT molecular complexity index is 794. The molecule has 1 heterocycles. The third kappa shape index (κ3) is 3.48. The molecule has 1 aliphatic heterocycles. The van der Waals surface area contributed by atoms with E-state index in [4.69, 9.17) is 9.47 Å². The summed E-state index contributed by atoms with van der Waals surface area (Å²) in [5.41, 5.74) is 5.14. The SMILES string of the molecule is Cc1cccc(C)c1C1CCc2cc(OC3CCC(=O)CC3)ccc2O1. The number of benzene rings is 2. The van der Waals surface area contributed by atoms with Gasteiger partial charge in [-0.25, -0.2) is 0 Å². The molecule has 0 amide bonds. The molecule has 136 valence electrons. The Morgan fingerprint density at radius 2 is 1.69 bits per heavy atom. The molecule has 0 N–H and O–H groups in total. The number of ether oxygens (including phenoxy) is 2. The summed E-state index contributed by atoms with van der Waals surface area (Å²) in [5, 5.41) is 0. The van der Waals surface area contributed by atoms with Crippen LogP contribution in [0.4, 0.5) is 0 Å². The minimum absolute atomic E-state index is 0.125. The fourth-order valence-corrected chi connectivity index (χ4v) is 4.20. The fourth-order valence-electron chi connectivity index (χ4n) is 4.20. The average molecular weight is 350 g/mol. The quantitative estimate of drug-likeness (QED) is 0.757. The van der Waals surface area contributed by atoms with Crippen LogP contribution in [0, 0.1) is 13.8 Å². The lowest BCUT2D eigenvalue weighted by Crippen LogP contribution is -2.24. The lowest BCUT2D eigenvalue weighted by Gasteiger charge is -2.29. The maximum atomic E-state index is 11.4. The van der Waals surface area contributed by atoms with E-state index in [-0.39, 0.29) is 12.2 Å². The van der Waals surface area contributed by atoms with Gasteiger partial charge < -0.3 is 9.47 Å². The molecule has 1 unspecified atom stereocenters. The zero-order valence-electron chi connectivity index (χ0n) is 15.6. The first-order valence-corrected chi connectivity index (χ1v) is 9.64. The molecule has 1 aliphatic carbocycles. The van der Waals surface area contributed by atoms with Crippen molar-refractivity contribution < 1.29 is 14.3 Å². The van der Waals surface area contributed by atoms with Gasteiger partial charge in [-0.1, -0.05) is 18.2 Å². The monoisotopic (exact) mass is 350 g/mol. The predicted molar refractivity (Wildman–Crippen MR) is 102 cm³/mol. The van der Waals surface area contributed by atoms with E-state index in [1.807, 2.05) is 12.1 Å². The van der Waals surface area contributed by atoms with Crippen LogP contribution in [0.15, 0.2) is 36.4 Å². The minimum Gasteiger partial charge on any atom is -0.490 e. The molecule has 4 rings (SSSR count). The summed E-state index contributed by atoms with van der Waals surface area (Å²) in [6.45, 7) is 4.32. The summed E-state index contributed by atoms with van der Waals surface area (Å²) in [4.78, 5) is 11.4. The largest absolute Gasteiger partial charge is 0.490 e. The Labute approximate surface area is 155 Å². The van der Waals surface area contributed by atoms with Gasteiger partial charge in [0.15, 0.2) is 0 Å². The van der Waals surface area contributed by atoms with Crippen molar-refractivity contribution in [2.24, 2.45) is 0 Å². The third-order valence-corrected chi connectivity index (χ3v) is 5.63. The average Bonchev–Trinajstić information content (AvgIpc) is 2.63. The van der Waals surface area contributed by atoms with Gasteiger partial charge in [0, 0.05) is 12.8 Å². The molecule has 2 aromatic rings. The van der Waals surface area contributed by atoms with Gasteiger partial charge in [0.05, 0.1) is 6.10 Å². The second-order valence-corrected chi connectivity index (χ2v) is 7.58. The lowest BCUT2D eigenvalue weighted by molar-refractivity contribution is -0.121. The maximum Gasteiger partial charge on any atom is 0.133 e. The number of hydrogen-bond acceptors (Lipinski definition) is 3. The first-order chi connectivity index (χ1) is 12.6. The molecule has 3 heteroatoms. The second kappa shape index (κ2) is 7.14. The molecule has 1 fully saturated rings. The zero-order valence-corrected chi connectivity index (χ0v) is 15.6. The minimum atomic E-state index is 0.125. The molecule has 1 saturated carbocycles. The van der Waals surface area contributed by atoms with Gasteiger partial charge in [0.2, 0.25) is 0 Å². The number of ketones is 1. The van der Waals surface area contributed by atoms with Crippen molar-refractivity contribution in [3.05, 3.63) is 58.7 Å².